The molecule has 5 aliphatic heterocycles. The minimum absolute atomic E-state index is 0. The Hall–Kier alpha value is -0.540. The number of alkyl halides is 6. The van der Waals surface area contributed by atoms with Crippen LogP contribution in [-0.4, -0.2) is 88.4 Å². The van der Waals surface area contributed by atoms with Gasteiger partial charge in [-0.1, -0.05) is 22.3 Å². The lowest BCUT2D eigenvalue weighted by Crippen LogP contribution is -2.65. The summed E-state index contributed by atoms with van der Waals surface area (Å²) >= 11 is 0. The van der Waals surface area contributed by atoms with Gasteiger partial charge in [-0.05, 0) is 60.8 Å². The molecule has 6 unspecified atom stereocenters. The number of halogens is 6. The van der Waals surface area contributed by atoms with Crippen molar-refractivity contribution in [3.63, 3.8) is 0 Å². The highest BCUT2D eigenvalue weighted by Gasteiger charge is 2.61. The first kappa shape index (κ1) is 36.5. The lowest BCUT2D eigenvalue weighted by Gasteiger charge is -2.57. The molecule has 0 aromatic carbocycles. The zero-order valence-corrected chi connectivity index (χ0v) is 22.7. The van der Waals surface area contributed by atoms with Crippen LogP contribution in [0.2, 0.25) is 0 Å². The molecule has 6 atom stereocenters. The molecule has 5 saturated heterocycles. The third-order valence-electron chi connectivity index (χ3n) is 9.58. The zero-order valence-electron chi connectivity index (χ0n) is 22.7. The molecule has 0 radical (unpaired) electrons. The number of fused-ring (bicyclic) bond motifs is 6. The first-order chi connectivity index (χ1) is 16.5. The molecule has 8 aliphatic rings. The third-order valence-corrected chi connectivity index (χ3v) is 9.58. The SMILES string of the molecule is C.C.C.CC(C)N1C2CC1CC(F)(F)C2.CC(C)N1CC2CC(C1)C2(F)F.CC(C)N1CC2CC1CC2(F)F. The zero-order chi connectivity index (χ0) is 26.8. The van der Waals surface area contributed by atoms with Gasteiger partial charge in [0.25, 0.3) is 17.8 Å². The van der Waals surface area contributed by atoms with Crippen LogP contribution in [0.25, 0.3) is 0 Å². The normalized spacial score (nSPS) is 36.7. The van der Waals surface area contributed by atoms with Gasteiger partial charge in [-0.2, -0.15) is 0 Å². The summed E-state index contributed by atoms with van der Waals surface area (Å²) in [5.41, 5.74) is 0. The maximum Gasteiger partial charge on any atom is 0.256 e. The predicted molar refractivity (Wildman–Crippen MR) is 150 cm³/mol. The van der Waals surface area contributed by atoms with Gasteiger partial charge in [-0.25, -0.2) is 26.3 Å². The van der Waals surface area contributed by atoms with E-state index in [0.29, 0.717) is 44.2 Å². The maximum atomic E-state index is 13.1. The average Bonchev–Trinajstić information content (AvgIpc) is 3.29. The summed E-state index contributed by atoms with van der Waals surface area (Å²) in [5.74, 6) is -8.14. The van der Waals surface area contributed by atoms with Crippen LogP contribution >= 0.6 is 0 Å². The van der Waals surface area contributed by atoms with Gasteiger partial charge in [0.1, 0.15) is 0 Å². The molecular weight excluding hydrogens is 516 g/mol. The highest BCUT2D eigenvalue weighted by Crippen LogP contribution is 2.53. The molecule has 0 spiro atoms. The van der Waals surface area contributed by atoms with Crippen LogP contribution in [0.15, 0.2) is 0 Å². The number of likely N-dealkylation sites (tertiary alicyclic amines) is 1. The molecule has 5 heterocycles. The Morgan fingerprint density at radius 3 is 1.41 bits per heavy atom. The first-order valence-electron chi connectivity index (χ1n) is 13.9. The van der Waals surface area contributed by atoms with E-state index in [1.165, 1.54) is 0 Å². The van der Waals surface area contributed by atoms with Crippen molar-refractivity contribution in [3.8, 4) is 0 Å². The molecule has 3 aliphatic carbocycles. The Kier molecular flexibility index (Phi) is 11.9. The standard InChI is InChI=1S/3C9H15F2N.3CH4/c1-6(2)12-5-7-3-8(12)4-9(7,10)11;1-6(2)12-4-7-3-8(5-12)9(7,10)11;1-6(2)12-7-3-8(12)5-9(10,11)4-7;;;/h3*6-8H,3-5H2,1-2H3;3*1H4. The van der Waals surface area contributed by atoms with Gasteiger partial charge in [-0.3, -0.25) is 14.7 Å². The fraction of sp³-hybridized carbons (Fsp3) is 1.00. The van der Waals surface area contributed by atoms with Gasteiger partial charge in [0, 0.05) is 92.9 Å². The monoisotopic (exact) mass is 573 g/mol. The van der Waals surface area contributed by atoms with Gasteiger partial charge >= 0.3 is 0 Å². The highest BCUT2D eigenvalue weighted by molar-refractivity contribution is 5.05. The van der Waals surface area contributed by atoms with Gasteiger partial charge in [0.15, 0.2) is 0 Å². The molecule has 8 rings (SSSR count). The minimum Gasteiger partial charge on any atom is -0.300 e. The van der Waals surface area contributed by atoms with E-state index >= 15 is 0 Å². The van der Waals surface area contributed by atoms with E-state index in [1.807, 2.05) is 0 Å². The molecule has 3 saturated carbocycles. The van der Waals surface area contributed by atoms with Crippen LogP contribution in [0.3, 0.4) is 0 Å². The summed E-state index contributed by atoms with van der Waals surface area (Å²) in [5, 5.41) is 0. The van der Waals surface area contributed by atoms with Crippen LogP contribution in [0.5, 0.6) is 0 Å². The van der Waals surface area contributed by atoms with E-state index in [0.717, 1.165) is 12.8 Å². The van der Waals surface area contributed by atoms with Crippen molar-refractivity contribution in [2.45, 2.75) is 156 Å². The molecule has 0 amide bonds. The molecule has 0 aromatic heterocycles. The van der Waals surface area contributed by atoms with Gasteiger partial charge in [0.2, 0.25) is 0 Å². The molecule has 9 heteroatoms. The number of nitrogens with zero attached hydrogens (tertiary/aromatic N) is 3. The van der Waals surface area contributed by atoms with Crippen molar-refractivity contribution in [1.82, 2.24) is 14.7 Å². The van der Waals surface area contributed by atoms with Crippen LogP contribution in [0.4, 0.5) is 26.3 Å². The Labute approximate surface area is 235 Å². The van der Waals surface area contributed by atoms with E-state index in [4.69, 9.17) is 0 Å². The molecular formula is C30H57F6N3. The summed E-state index contributed by atoms with van der Waals surface area (Å²) in [6, 6.07) is 1.77. The van der Waals surface area contributed by atoms with Crippen LogP contribution < -0.4 is 0 Å². The van der Waals surface area contributed by atoms with Crippen molar-refractivity contribution in [3.05, 3.63) is 0 Å². The molecule has 0 aromatic rings. The summed E-state index contributed by atoms with van der Waals surface area (Å²) in [7, 11) is 0. The summed E-state index contributed by atoms with van der Waals surface area (Å²) < 4.78 is 78.0. The number of piperidine rings is 4. The molecule has 39 heavy (non-hydrogen) atoms. The van der Waals surface area contributed by atoms with E-state index < -0.39 is 17.8 Å². The fourth-order valence-electron chi connectivity index (χ4n) is 7.56. The van der Waals surface area contributed by atoms with Crippen molar-refractivity contribution in [2.75, 3.05) is 19.6 Å². The average molecular weight is 574 g/mol. The van der Waals surface area contributed by atoms with E-state index in [-0.39, 0.29) is 77.4 Å². The number of hydrogen-bond acceptors (Lipinski definition) is 3. The van der Waals surface area contributed by atoms with Gasteiger partial charge < -0.3 is 0 Å². The third kappa shape index (κ3) is 7.28. The highest BCUT2D eigenvalue weighted by atomic mass is 19.3. The lowest BCUT2D eigenvalue weighted by atomic mass is 9.67. The molecule has 8 fully saturated rings. The maximum absolute atomic E-state index is 13.1. The van der Waals surface area contributed by atoms with E-state index in [9.17, 15) is 26.3 Å². The molecule has 234 valence electrons. The smallest absolute Gasteiger partial charge is 0.256 e. The van der Waals surface area contributed by atoms with E-state index in [1.54, 1.807) is 0 Å². The van der Waals surface area contributed by atoms with Crippen molar-refractivity contribution >= 4 is 0 Å². The van der Waals surface area contributed by atoms with Crippen molar-refractivity contribution in [1.29, 1.82) is 0 Å². The summed E-state index contributed by atoms with van der Waals surface area (Å²) in [4.78, 5) is 6.61. The fourth-order valence-corrected chi connectivity index (χ4v) is 7.56. The number of rotatable bonds is 3. The Morgan fingerprint density at radius 2 is 1.08 bits per heavy atom. The van der Waals surface area contributed by atoms with Crippen LogP contribution in [-0.2, 0) is 0 Å². The molecule has 3 nitrogen and oxygen atoms in total. The van der Waals surface area contributed by atoms with Gasteiger partial charge in [-0.15, -0.1) is 0 Å². The molecule has 6 bridgehead atoms. The minimum atomic E-state index is -2.38. The first-order valence-corrected chi connectivity index (χ1v) is 13.9. The topological polar surface area (TPSA) is 9.72 Å². The lowest BCUT2D eigenvalue weighted by molar-refractivity contribution is -0.230. The van der Waals surface area contributed by atoms with Gasteiger partial charge in [0.05, 0.1) is 0 Å². The van der Waals surface area contributed by atoms with Crippen LogP contribution in [0.1, 0.15) is 102 Å². The Bertz CT molecular complexity index is 738. The Balaban J connectivity index is 0.000000282. The van der Waals surface area contributed by atoms with Crippen molar-refractivity contribution in [2.24, 2.45) is 17.8 Å². The Morgan fingerprint density at radius 1 is 0.564 bits per heavy atom. The number of hydrogen-bond donors (Lipinski definition) is 0. The second-order valence-electron chi connectivity index (χ2n) is 13.0. The second kappa shape index (κ2) is 12.8. The predicted octanol–water partition coefficient (Wildman–Crippen LogP) is 8.28. The largest absolute Gasteiger partial charge is 0.300 e. The van der Waals surface area contributed by atoms with Crippen LogP contribution in [0, 0.1) is 17.8 Å². The summed E-state index contributed by atoms with van der Waals surface area (Å²) in [6.45, 7) is 14.3. The summed E-state index contributed by atoms with van der Waals surface area (Å²) in [6.07, 6.45) is 2.72. The second-order valence-corrected chi connectivity index (χ2v) is 13.0. The van der Waals surface area contributed by atoms with E-state index in [2.05, 4.69) is 56.2 Å². The van der Waals surface area contributed by atoms with Crippen molar-refractivity contribution < 1.29 is 26.3 Å². The quantitative estimate of drug-likeness (QED) is 0.315. The molecule has 0 N–H and O–H groups in total.